The van der Waals surface area contributed by atoms with Crippen molar-refractivity contribution < 1.29 is 19.0 Å². The van der Waals surface area contributed by atoms with E-state index in [9.17, 15) is 9.90 Å². The first-order chi connectivity index (χ1) is 17.3. The number of phenols is 1. The Balaban J connectivity index is 1.38. The molecule has 3 N–H and O–H groups in total. The number of fused-ring (bicyclic) bond motifs is 2. The number of allylic oxidation sites excluding steroid dienone is 1. The Morgan fingerprint density at radius 2 is 1.86 bits per heavy atom. The largest absolute Gasteiger partial charge is 0.506 e. The third-order valence-electron chi connectivity index (χ3n) is 7.47. The van der Waals surface area contributed by atoms with E-state index < -0.39 is 11.9 Å². The van der Waals surface area contributed by atoms with Crippen LogP contribution >= 0.6 is 0 Å². The number of ketones is 1. The number of para-hydroxylation sites is 1. The van der Waals surface area contributed by atoms with Gasteiger partial charge in [0.25, 0.3) is 0 Å². The average Bonchev–Trinajstić information content (AvgIpc) is 3.14. The van der Waals surface area contributed by atoms with Gasteiger partial charge in [-0.15, -0.1) is 0 Å². The summed E-state index contributed by atoms with van der Waals surface area (Å²) < 4.78 is 21.9. The van der Waals surface area contributed by atoms with Gasteiger partial charge in [0.1, 0.15) is 29.1 Å². The van der Waals surface area contributed by atoms with Gasteiger partial charge in [0.15, 0.2) is 5.78 Å². The maximum atomic E-state index is 15.7. The number of carbonyl (C=O) groups is 1. The molecule has 0 saturated carbocycles. The zero-order chi connectivity index (χ0) is 25.0. The fourth-order valence-electron chi connectivity index (χ4n) is 5.80. The molecule has 6 rings (SSSR count). The number of carbonyl (C=O) groups excluding carboxylic acids is 1. The van der Waals surface area contributed by atoms with Crippen LogP contribution in [0.4, 0.5) is 15.8 Å². The van der Waals surface area contributed by atoms with Gasteiger partial charge in [-0.3, -0.25) is 4.79 Å². The van der Waals surface area contributed by atoms with E-state index in [4.69, 9.17) is 4.74 Å². The van der Waals surface area contributed by atoms with Gasteiger partial charge in [0.05, 0.1) is 11.7 Å². The van der Waals surface area contributed by atoms with E-state index in [-0.39, 0.29) is 23.1 Å². The summed E-state index contributed by atoms with van der Waals surface area (Å²) in [7, 11) is 0. The number of phenolic OH excluding ortho intramolecular Hbond substituents is 1. The molecule has 5 nitrogen and oxygen atoms in total. The molecule has 2 aliphatic carbocycles. The first-order valence-electron chi connectivity index (χ1n) is 12.4. The van der Waals surface area contributed by atoms with Crippen LogP contribution in [0.1, 0.15) is 61.9 Å². The molecule has 2 atom stereocenters. The second kappa shape index (κ2) is 8.40. The van der Waals surface area contributed by atoms with Gasteiger partial charge >= 0.3 is 0 Å². The molecule has 3 aromatic carbocycles. The SMILES string of the molecule is CC1(C)CC(=O)C2=C(C1)Nc1c(O)cccc1NC2c1ccc(O[C@H]2CCc3ccccc32)cc1F. The van der Waals surface area contributed by atoms with Crippen LogP contribution < -0.4 is 15.4 Å². The van der Waals surface area contributed by atoms with E-state index in [1.54, 1.807) is 24.3 Å². The van der Waals surface area contributed by atoms with Crippen LogP contribution in [0.15, 0.2) is 71.9 Å². The minimum atomic E-state index is -0.694. The van der Waals surface area contributed by atoms with Crippen molar-refractivity contribution in [2.75, 3.05) is 10.6 Å². The topological polar surface area (TPSA) is 70.6 Å². The maximum Gasteiger partial charge on any atom is 0.163 e. The number of ether oxygens (including phenoxy) is 1. The van der Waals surface area contributed by atoms with Crippen LogP contribution in [-0.4, -0.2) is 10.9 Å². The average molecular weight is 485 g/mol. The standard InChI is InChI=1S/C30H29FN2O3/c1-30(2)15-23-27(25(35)16-30)28(32-22-8-5-9-24(34)29(22)33-23)20-12-11-18(14-21(20)31)36-26-13-10-17-6-3-4-7-19(17)26/h3-9,11-12,14,26,28,32-34H,10,13,15-16H2,1-2H3/t26-,28?/m0/s1. The van der Waals surface area contributed by atoms with Crippen molar-refractivity contribution in [3.63, 3.8) is 0 Å². The Morgan fingerprint density at radius 3 is 2.69 bits per heavy atom. The summed E-state index contributed by atoms with van der Waals surface area (Å²) in [4.78, 5) is 13.4. The van der Waals surface area contributed by atoms with E-state index >= 15 is 4.39 Å². The molecule has 0 fully saturated rings. The van der Waals surface area contributed by atoms with E-state index in [1.807, 2.05) is 32.0 Å². The van der Waals surface area contributed by atoms with Gasteiger partial charge in [-0.25, -0.2) is 4.39 Å². The fraction of sp³-hybridized carbons (Fsp3) is 0.300. The number of rotatable bonds is 3. The van der Waals surface area contributed by atoms with Crippen molar-refractivity contribution in [2.45, 2.75) is 51.7 Å². The summed E-state index contributed by atoms with van der Waals surface area (Å²) in [6.07, 6.45) is 2.70. The molecule has 36 heavy (non-hydrogen) atoms. The van der Waals surface area contributed by atoms with Crippen LogP contribution in [0.25, 0.3) is 0 Å². The lowest BCUT2D eigenvalue weighted by Gasteiger charge is -2.34. The van der Waals surface area contributed by atoms with Gasteiger partial charge in [-0.05, 0) is 60.1 Å². The highest BCUT2D eigenvalue weighted by Gasteiger charge is 2.40. The lowest BCUT2D eigenvalue weighted by Crippen LogP contribution is -2.31. The van der Waals surface area contributed by atoms with Crippen molar-refractivity contribution in [1.29, 1.82) is 0 Å². The highest BCUT2D eigenvalue weighted by atomic mass is 19.1. The van der Waals surface area contributed by atoms with Crippen molar-refractivity contribution in [1.82, 2.24) is 0 Å². The molecule has 0 saturated heterocycles. The van der Waals surface area contributed by atoms with E-state index in [1.165, 1.54) is 11.6 Å². The number of nitrogens with one attached hydrogen (secondary N) is 2. The third-order valence-corrected chi connectivity index (χ3v) is 7.47. The second-order valence-electron chi connectivity index (χ2n) is 10.8. The van der Waals surface area contributed by atoms with E-state index in [0.717, 1.165) is 24.1 Å². The Hall–Kier alpha value is -3.80. The molecule has 0 radical (unpaired) electrons. The zero-order valence-corrected chi connectivity index (χ0v) is 20.4. The summed E-state index contributed by atoms with van der Waals surface area (Å²) in [5, 5.41) is 17.2. The monoisotopic (exact) mass is 484 g/mol. The Bertz CT molecular complexity index is 1410. The summed E-state index contributed by atoms with van der Waals surface area (Å²) in [6, 6.07) is 17.5. The number of hydrogen-bond acceptors (Lipinski definition) is 5. The first kappa shape index (κ1) is 22.7. The molecule has 184 valence electrons. The molecule has 0 bridgehead atoms. The number of aryl methyl sites for hydroxylation is 1. The van der Waals surface area contributed by atoms with Gasteiger partial charge in [-0.1, -0.05) is 44.2 Å². The number of benzene rings is 3. The normalized spacial score (nSPS) is 22.0. The highest BCUT2D eigenvalue weighted by Crippen LogP contribution is 2.48. The Labute approximate surface area is 210 Å². The number of Topliss-reactive ketones (excluding diaryl/α,β-unsaturated/α-hetero) is 1. The fourth-order valence-corrected chi connectivity index (χ4v) is 5.80. The van der Waals surface area contributed by atoms with Crippen LogP contribution in [0.3, 0.4) is 0 Å². The lowest BCUT2D eigenvalue weighted by molar-refractivity contribution is -0.118. The smallest absolute Gasteiger partial charge is 0.163 e. The molecular formula is C30H29FN2O3. The first-order valence-corrected chi connectivity index (χ1v) is 12.4. The van der Waals surface area contributed by atoms with Crippen LogP contribution in [0.5, 0.6) is 11.5 Å². The minimum Gasteiger partial charge on any atom is -0.506 e. The summed E-state index contributed by atoms with van der Waals surface area (Å²) in [5.74, 6) is 0.0719. The molecule has 1 heterocycles. The van der Waals surface area contributed by atoms with Crippen molar-refractivity contribution in [3.8, 4) is 11.5 Å². The molecule has 1 unspecified atom stereocenters. The number of hydrogen-bond donors (Lipinski definition) is 3. The van der Waals surface area contributed by atoms with E-state index in [2.05, 4.69) is 22.8 Å². The number of anilines is 2. The number of aromatic hydroxyl groups is 1. The molecule has 0 spiro atoms. The molecule has 0 amide bonds. The third kappa shape index (κ3) is 3.91. The molecule has 3 aliphatic rings. The van der Waals surface area contributed by atoms with Crippen molar-refractivity contribution in [2.24, 2.45) is 5.41 Å². The molecule has 3 aromatic rings. The minimum absolute atomic E-state index is 0.0270. The zero-order valence-electron chi connectivity index (χ0n) is 20.4. The second-order valence-corrected chi connectivity index (χ2v) is 10.8. The Kier molecular flexibility index (Phi) is 5.29. The van der Waals surface area contributed by atoms with Crippen LogP contribution in [-0.2, 0) is 11.2 Å². The summed E-state index contributed by atoms with van der Waals surface area (Å²) in [6.45, 7) is 4.09. The molecule has 0 aromatic heterocycles. The van der Waals surface area contributed by atoms with Crippen LogP contribution in [0.2, 0.25) is 0 Å². The van der Waals surface area contributed by atoms with Gasteiger partial charge < -0.3 is 20.5 Å². The van der Waals surface area contributed by atoms with Crippen molar-refractivity contribution in [3.05, 3.63) is 94.4 Å². The maximum absolute atomic E-state index is 15.7. The Morgan fingerprint density at radius 1 is 1.03 bits per heavy atom. The predicted octanol–water partition coefficient (Wildman–Crippen LogP) is 6.82. The van der Waals surface area contributed by atoms with Gasteiger partial charge in [0, 0.05) is 29.3 Å². The lowest BCUT2D eigenvalue weighted by atomic mass is 9.73. The highest BCUT2D eigenvalue weighted by molar-refractivity contribution is 6.01. The summed E-state index contributed by atoms with van der Waals surface area (Å²) >= 11 is 0. The van der Waals surface area contributed by atoms with Crippen LogP contribution in [0, 0.1) is 11.2 Å². The van der Waals surface area contributed by atoms with Crippen molar-refractivity contribution >= 4 is 17.2 Å². The molecule has 1 aliphatic heterocycles. The molecular weight excluding hydrogens is 455 g/mol. The quantitative estimate of drug-likeness (QED) is 0.356. The van der Waals surface area contributed by atoms with E-state index in [0.29, 0.717) is 41.1 Å². The predicted molar refractivity (Wildman–Crippen MR) is 138 cm³/mol. The molecule has 6 heteroatoms. The van der Waals surface area contributed by atoms with Gasteiger partial charge in [0.2, 0.25) is 0 Å². The number of halogens is 1. The summed E-state index contributed by atoms with van der Waals surface area (Å²) in [5.41, 5.74) is 4.90. The van der Waals surface area contributed by atoms with Gasteiger partial charge in [-0.2, -0.15) is 0 Å².